The predicted octanol–water partition coefficient (Wildman–Crippen LogP) is 7.77. The van der Waals surface area contributed by atoms with Crippen LogP contribution in [0.4, 0.5) is 0 Å². The van der Waals surface area contributed by atoms with Crippen LogP contribution in [-0.2, 0) is 0 Å². The summed E-state index contributed by atoms with van der Waals surface area (Å²) in [6.07, 6.45) is 5.75. The van der Waals surface area contributed by atoms with Gasteiger partial charge in [-0.15, -0.1) is 22.7 Å². The van der Waals surface area contributed by atoms with Crippen molar-refractivity contribution in [2.45, 2.75) is 0 Å². The molecule has 8 aromatic rings. The van der Waals surface area contributed by atoms with Crippen LogP contribution in [0.2, 0.25) is 0 Å². The molecule has 0 aliphatic carbocycles. The fraction of sp³-hybridized carbons (Fsp3) is 0. The standard InChI is InChI=1S/C26H13N3S2/c1-2-6-18-14(4-1)22-19(30-18)9-10-20-23(22)16-7-8-17-21(25(16)31-20)15-5-3-11-27-24(15)26-28-12-13-29(17)26/h1-13H. The average molecular weight is 432 g/mol. The molecular formula is C26H13N3S2. The Balaban J connectivity index is 1.70. The zero-order chi connectivity index (χ0) is 20.1. The Morgan fingerprint density at radius 2 is 1.45 bits per heavy atom. The van der Waals surface area contributed by atoms with E-state index in [0.29, 0.717) is 0 Å². The molecule has 0 amide bonds. The molecule has 0 fully saturated rings. The van der Waals surface area contributed by atoms with Crippen LogP contribution in [-0.4, -0.2) is 14.4 Å². The van der Waals surface area contributed by atoms with Crippen LogP contribution in [0.3, 0.4) is 0 Å². The van der Waals surface area contributed by atoms with Gasteiger partial charge in [0.1, 0.15) is 5.52 Å². The van der Waals surface area contributed by atoms with E-state index in [2.05, 4.69) is 64.0 Å². The Morgan fingerprint density at radius 3 is 2.42 bits per heavy atom. The summed E-state index contributed by atoms with van der Waals surface area (Å²) in [4.78, 5) is 9.29. The van der Waals surface area contributed by atoms with E-state index in [0.717, 1.165) is 11.2 Å². The van der Waals surface area contributed by atoms with Crippen molar-refractivity contribution in [3.05, 3.63) is 79.3 Å². The summed E-state index contributed by atoms with van der Waals surface area (Å²) in [6.45, 7) is 0. The molecule has 0 unspecified atom stereocenters. The number of pyridine rings is 2. The minimum absolute atomic E-state index is 0.912. The van der Waals surface area contributed by atoms with Gasteiger partial charge in [-0.2, -0.15) is 0 Å². The van der Waals surface area contributed by atoms with Gasteiger partial charge in [-0.1, -0.05) is 30.3 Å². The lowest BCUT2D eigenvalue weighted by Gasteiger charge is -2.08. The fourth-order valence-electron chi connectivity index (χ4n) is 5.05. The van der Waals surface area contributed by atoms with Crippen LogP contribution >= 0.6 is 22.7 Å². The van der Waals surface area contributed by atoms with Crippen molar-refractivity contribution < 1.29 is 0 Å². The van der Waals surface area contributed by atoms with Gasteiger partial charge in [0, 0.05) is 69.7 Å². The molecule has 8 rings (SSSR count). The minimum atomic E-state index is 0.912. The first kappa shape index (κ1) is 16.2. The first-order valence-electron chi connectivity index (χ1n) is 10.2. The predicted molar refractivity (Wildman–Crippen MR) is 134 cm³/mol. The van der Waals surface area contributed by atoms with Crippen molar-refractivity contribution in [2.24, 2.45) is 0 Å². The van der Waals surface area contributed by atoms with Crippen molar-refractivity contribution in [1.82, 2.24) is 14.4 Å². The lowest BCUT2D eigenvalue weighted by molar-refractivity contribution is 1.26. The number of nitrogens with zero attached hydrogens (tertiary/aromatic N) is 3. The normalized spacial score (nSPS) is 12.5. The Bertz CT molecular complexity index is 2010. The summed E-state index contributed by atoms with van der Waals surface area (Å²) in [5.74, 6) is 0. The van der Waals surface area contributed by atoms with E-state index >= 15 is 0 Å². The van der Waals surface area contributed by atoms with Gasteiger partial charge < -0.3 is 0 Å². The van der Waals surface area contributed by atoms with E-state index in [1.165, 1.54) is 56.6 Å². The molecule has 5 aromatic heterocycles. The van der Waals surface area contributed by atoms with Gasteiger partial charge in [0.05, 0.1) is 5.52 Å². The molecule has 0 saturated heterocycles. The van der Waals surface area contributed by atoms with E-state index in [1.807, 2.05) is 47.3 Å². The van der Waals surface area contributed by atoms with E-state index in [1.54, 1.807) is 0 Å². The number of benzene rings is 3. The molecule has 0 spiro atoms. The highest BCUT2D eigenvalue weighted by molar-refractivity contribution is 7.28. The third-order valence-electron chi connectivity index (χ3n) is 6.31. The molecule has 0 aliphatic rings. The smallest absolute Gasteiger partial charge is 0.163 e. The SMILES string of the molecule is c1ccc2c(c1)sc1ccc3sc4c(ccc5c4c4cccnc4c4nccn54)c3c12. The van der Waals surface area contributed by atoms with E-state index in [4.69, 9.17) is 4.98 Å². The van der Waals surface area contributed by atoms with Gasteiger partial charge >= 0.3 is 0 Å². The molecule has 0 bridgehead atoms. The highest BCUT2D eigenvalue weighted by atomic mass is 32.1. The van der Waals surface area contributed by atoms with Gasteiger partial charge in [-0.3, -0.25) is 9.38 Å². The molecule has 0 aliphatic heterocycles. The van der Waals surface area contributed by atoms with E-state index < -0.39 is 0 Å². The van der Waals surface area contributed by atoms with Gasteiger partial charge in [0.2, 0.25) is 0 Å². The zero-order valence-electron chi connectivity index (χ0n) is 16.2. The second kappa shape index (κ2) is 5.58. The maximum Gasteiger partial charge on any atom is 0.163 e. The van der Waals surface area contributed by atoms with E-state index in [-0.39, 0.29) is 0 Å². The first-order chi connectivity index (χ1) is 15.4. The highest BCUT2D eigenvalue weighted by Crippen LogP contribution is 2.47. The number of aromatic nitrogens is 3. The third-order valence-corrected chi connectivity index (χ3v) is 8.64. The largest absolute Gasteiger partial charge is 0.298 e. The number of rotatable bonds is 0. The zero-order valence-corrected chi connectivity index (χ0v) is 17.8. The molecule has 0 atom stereocenters. The highest BCUT2D eigenvalue weighted by Gasteiger charge is 2.18. The van der Waals surface area contributed by atoms with Crippen molar-refractivity contribution in [2.75, 3.05) is 0 Å². The second-order valence-corrected chi connectivity index (χ2v) is 10.0. The summed E-state index contributed by atoms with van der Waals surface area (Å²) in [5, 5.41) is 7.87. The van der Waals surface area contributed by atoms with Crippen LogP contribution < -0.4 is 0 Å². The van der Waals surface area contributed by atoms with Gasteiger partial charge in [0.25, 0.3) is 0 Å². The molecule has 0 saturated carbocycles. The number of thiophene rings is 2. The number of hydrogen-bond donors (Lipinski definition) is 0. The van der Waals surface area contributed by atoms with Crippen molar-refractivity contribution in [1.29, 1.82) is 0 Å². The first-order valence-corrected chi connectivity index (χ1v) is 11.8. The topological polar surface area (TPSA) is 30.2 Å². The number of hydrogen-bond acceptors (Lipinski definition) is 4. The van der Waals surface area contributed by atoms with Crippen LogP contribution in [0.25, 0.3) is 67.8 Å². The lowest BCUT2D eigenvalue weighted by atomic mass is 10.0. The molecule has 3 aromatic carbocycles. The maximum absolute atomic E-state index is 4.70. The van der Waals surface area contributed by atoms with Crippen LogP contribution in [0, 0.1) is 0 Å². The summed E-state index contributed by atoms with van der Waals surface area (Å²) < 4.78 is 7.53. The molecule has 3 nitrogen and oxygen atoms in total. The van der Waals surface area contributed by atoms with Crippen molar-refractivity contribution in [3.63, 3.8) is 0 Å². The lowest BCUT2D eigenvalue weighted by Crippen LogP contribution is -1.92. The van der Waals surface area contributed by atoms with E-state index in [9.17, 15) is 0 Å². The van der Waals surface area contributed by atoms with Gasteiger partial charge in [-0.05, 0) is 30.3 Å². The molecule has 31 heavy (non-hydrogen) atoms. The monoisotopic (exact) mass is 431 g/mol. The molecule has 0 N–H and O–H groups in total. The summed E-state index contributed by atoms with van der Waals surface area (Å²) >= 11 is 3.77. The number of fused-ring (bicyclic) bond motifs is 14. The third kappa shape index (κ3) is 1.93. The molecule has 5 heterocycles. The molecule has 144 valence electrons. The van der Waals surface area contributed by atoms with Crippen LogP contribution in [0.15, 0.2) is 79.3 Å². The summed E-state index contributed by atoms with van der Waals surface area (Å²) in [6, 6.07) is 22.1. The molecule has 5 heteroatoms. The van der Waals surface area contributed by atoms with Gasteiger partial charge in [0.15, 0.2) is 5.65 Å². The fourth-order valence-corrected chi connectivity index (χ4v) is 7.43. The minimum Gasteiger partial charge on any atom is -0.298 e. The Kier molecular flexibility index (Phi) is 2.91. The average Bonchev–Trinajstić information content (AvgIpc) is 3.53. The summed E-state index contributed by atoms with van der Waals surface area (Å²) in [5.41, 5.74) is 3.05. The van der Waals surface area contributed by atoms with Crippen molar-refractivity contribution >= 4 is 90.5 Å². The Hall–Kier alpha value is -3.54. The quantitative estimate of drug-likeness (QED) is 0.230. The second-order valence-electron chi connectivity index (χ2n) is 7.87. The van der Waals surface area contributed by atoms with Crippen LogP contribution in [0.5, 0.6) is 0 Å². The maximum atomic E-state index is 4.70. The summed E-state index contributed by atoms with van der Waals surface area (Å²) in [7, 11) is 0. The Labute approximate surface area is 183 Å². The van der Waals surface area contributed by atoms with Crippen LogP contribution in [0.1, 0.15) is 0 Å². The number of imidazole rings is 1. The molecular weight excluding hydrogens is 418 g/mol. The van der Waals surface area contributed by atoms with Crippen molar-refractivity contribution in [3.8, 4) is 0 Å². The Morgan fingerprint density at radius 1 is 0.613 bits per heavy atom. The molecule has 0 radical (unpaired) electrons. The van der Waals surface area contributed by atoms with Gasteiger partial charge in [-0.25, -0.2) is 4.98 Å².